The first kappa shape index (κ1) is 15.5. The van der Waals surface area contributed by atoms with Gasteiger partial charge in [-0.1, -0.05) is 6.92 Å². The summed E-state index contributed by atoms with van der Waals surface area (Å²) in [5, 5.41) is 0. The molecule has 0 saturated heterocycles. The van der Waals surface area contributed by atoms with E-state index < -0.39 is 15.7 Å². The molecule has 0 bridgehead atoms. The highest BCUT2D eigenvalue weighted by Gasteiger charge is 2.19. The van der Waals surface area contributed by atoms with Crippen LogP contribution in [-0.4, -0.2) is 27.5 Å². The van der Waals surface area contributed by atoms with E-state index in [1.54, 1.807) is 12.3 Å². The van der Waals surface area contributed by atoms with E-state index in [1.807, 2.05) is 6.92 Å². The van der Waals surface area contributed by atoms with E-state index in [1.165, 1.54) is 6.07 Å². The second kappa shape index (κ2) is 6.04. The fraction of sp³-hybridized carbons (Fsp3) is 0.500. The van der Waals surface area contributed by atoms with Crippen LogP contribution in [0.25, 0.3) is 0 Å². The van der Waals surface area contributed by atoms with Gasteiger partial charge in [0, 0.05) is 6.26 Å². The van der Waals surface area contributed by atoms with Crippen molar-refractivity contribution in [3.8, 4) is 0 Å². The van der Waals surface area contributed by atoms with Crippen molar-refractivity contribution in [3.05, 3.63) is 23.5 Å². The molecule has 1 atom stereocenters. The zero-order chi connectivity index (χ0) is 13.9. The molecule has 0 spiro atoms. The molecule has 0 fully saturated rings. The van der Waals surface area contributed by atoms with E-state index >= 15 is 0 Å². The van der Waals surface area contributed by atoms with Gasteiger partial charge in [-0.05, 0) is 42.8 Å². The van der Waals surface area contributed by atoms with Crippen LogP contribution in [0.5, 0.6) is 0 Å². The SMILES string of the molecule is CSc1c(F)cc(C(C)CCN)cc1S(C)(=O)=O. The van der Waals surface area contributed by atoms with Crippen molar-refractivity contribution in [2.45, 2.75) is 29.1 Å². The fourth-order valence-electron chi connectivity index (χ4n) is 1.76. The number of nitrogens with two attached hydrogens (primary N) is 1. The van der Waals surface area contributed by atoms with E-state index in [0.717, 1.165) is 18.0 Å². The van der Waals surface area contributed by atoms with Crippen molar-refractivity contribution in [1.29, 1.82) is 0 Å². The molecule has 18 heavy (non-hydrogen) atoms. The monoisotopic (exact) mass is 291 g/mol. The summed E-state index contributed by atoms with van der Waals surface area (Å²) in [5.41, 5.74) is 6.15. The first-order valence-corrected chi connectivity index (χ1v) is 8.70. The minimum absolute atomic E-state index is 0.0425. The third-order valence-corrected chi connectivity index (χ3v) is 4.88. The third-order valence-electron chi connectivity index (χ3n) is 2.80. The molecular weight excluding hydrogens is 273 g/mol. The molecule has 1 rings (SSSR count). The largest absolute Gasteiger partial charge is 0.330 e. The summed E-state index contributed by atoms with van der Waals surface area (Å²) in [4.78, 5) is 0.245. The molecule has 0 aliphatic carbocycles. The molecule has 0 saturated carbocycles. The van der Waals surface area contributed by atoms with Gasteiger partial charge < -0.3 is 5.73 Å². The van der Waals surface area contributed by atoms with Crippen LogP contribution in [0, 0.1) is 5.82 Å². The zero-order valence-electron chi connectivity index (χ0n) is 10.7. The van der Waals surface area contributed by atoms with Crippen molar-refractivity contribution in [2.24, 2.45) is 5.73 Å². The van der Waals surface area contributed by atoms with Crippen LogP contribution in [-0.2, 0) is 9.84 Å². The Balaban J connectivity index is 3.40. The second-order valence-corrected chi connectivity index (χ2v) is 7.09. The van der Waals surface area contributed by atoms with Crippen molar-refractivity contribution in [3.63, 3.8) is 0 Å². The van der Waals surface area contributed by atoms with Crippen LogP contribution in [0.1, 0.15) is 24.8 Å². The summed E-state index contributed by atoms with van der Waals surface area (Å²) in [6.45, 7) is 2.40. The van der Waals surface area contributed by atoms with Gasteiger partial charge in [0.25, 0.3) is 0 Å². The summed E-state index contributed by atoms with van der Waals surface area (Å²) in [6.07, 6.45) is 3.45. The molecule has 2 N–H and O–H groups in total. The van der Waals surface area contributed by atoms with Crippen LogP contribution in [0.3, 0.4) is 0 Å². The predicted octanol–water partition coefficient (Wildman–Crippen LogP) is 2.40. The van der Waals surface area contributed by atoms with Crippen LogP contribution >= 0.6 is 11.8 Å². The van der Waals surface area contributed by atoms with Gasteiger partial charge in [0.2, 0.25) is 0 Å². The number of hydrogen-bond acceptors (Lipinski definition) is 4. The molecular formula is C12H18FNO2S2. The molecule has 0 radical (unpaired) electrons. The number of benzene rings is 1. The van der Waals surface area contributed by atoms with Crippen molar-refractivity contribution >= 4 is 21.6 Å². The molecule has 6 heteroatoms. The van der Waals surface area contributed by atoms with Crippen LogP contribution in [0.15, 0.2) is 21.9 Å². The van der Waals surface area contributed by atoms with E-state index in [2.05, 4.69) is 0 Å². The lowest BCUT2D eigenvalue weighted by Crippen LogP contribution is -2.08. The summed E-state index contributed by atoms with van der Waals surface area (Å²) in [5.74, 6) is -0.440. The van der Waals surface area contributed by atoms with Crippen LogP contribution in [0.2, 0.25) is 0 Å². The van der Waals surface area contributed by atoms with Gasteiger partial charge in [-0.25, -0.2) is 12.8 Å². The molecule has 1 unspecified atom stereocenters. The highest BCUT2D eigenvalue weighted by molar-refractivity contribution is 7.99. The normalized spacial score (nSPS) is 13.6. The Morgan fingerprint density at radius 1 is 1.44 bits per heavy atom. The highest BCUT2D eigenvalue weighted by Crippen LogP contribution is 2.32. The van der Waals surface area contributed by atoms with Crippen molar-refractivity contribution < 1.29 is 12.8 Å². The van der Waals surface area contributed by atoms with Gasteiger partial charge in [-0.3, -0.25) is 0 Å². The number of halogens is 1. The summed E-state index contributed by atoms with van der Waals surface area (Å²) in [7, 11) is -3.43. The Kier molecular flexibility index (Phi) is 5.19. The van der Waals surface area contributed by atoms with Gasteiger partial charge >= 0.3 is 0 Å². The molecule has 3 nitrogen and oxygen atoms in total. The van der Waals surface area contributed by atoms with Crippen LogP contribution < -0.4 is 5.73 Å². The lowest BCUT2D eigenvalue weighted by Gasteiger charge is -2.14. The van der Waals surface area contributed by atoms with E-state index in [0.29, 0.717) is 18.5 Å². The molecule has 0 aliphatic heterocycles. The molecule has 0 heterocycles. The fourth-order valence-corrected chi connectivity index (χ4v) is 3.77. The Bertz CT molecular complexity index is 529. The standard InChI is InChI=1S/C12H18FNO2S2/c1-8(4-5-14)9-6-10(13)12(17-2)11(7-9)18(3,15)16/h6-8H,4-5,14H2,1-3H3. The highest BCUT2D eigenvalue weighted by atomic mass is 32.2. The van der Waals surface area contributed by atoms with Crippen molar-refractivity contribution in [2.75, 3.05) is 19.1 Å². The molecule has 1 aromatic rings. The van der Waals surface area contributed by atoms with Crippen molar-refractivity contribution in [1.82, 2.24) is 0 Å². The molecule has 0 amide bonds. The molecule has 1 aromatic carbocycles. The smallest absolute Gasteiger partial charge is 0.176 e. The third kappa shape index (κ3) is 3.46. The Morgan fingerprint density at radius 3 is 2.50 bits per heavy atom. The predicted molar refractivity (Wildman–Crippen MR) is 73.4 cm³/mol. The summed E-state index contributed by atoms with van der Waals surface area (Å²) < 4.78 is 37.3. The number of sulfone groups is 1. The van der Waals surface area contributed by atoms with Gasteiger partial charge in [0.15, 0.2) is 9.84 Å². The van der Waals surface area contributed by atoms with E-state index in [9.17, 15) is 12.8 Å². The average Bonchev–Trinajstić information content (AvgIpc) is 2.27. The first-order valence-electron chi connectivity index (χ1n) is 5.58. The average molecular weight is 291 g/mol. The minimum Gasteiger partial charge on any atom is -0.330 e. The maximum absolute atomic E-state index is 13.9. The number of hydrogen-bond donors (Lipinski definition) is 1. The zero-order valence-corrected chi connectivity index (χ0v) is 12.4. The lowest BCUT2D eigenvalue weighted by molar-refractivity contribution is 0.570. The molecule has 102 valence electrons. The quantitative estimate of drug-likeness (QED) is 0.846. The van der Waals surface area contributed by atoms with Gasteiger partial charge in [-0.15, -0.1) is 11.8 Å². The lowest BCUT2D eigenvalue weighted by atomic mass is 9.98. The Hall–Kier alpha value is -0.590. The topological polar surface area (TPSA) is 60.2 Å². The van der Waals surface area contributed by atoms with E-state index in [-0.39, 0.29) is 15.7 Å². The van der Waals surface area contributed by atoms with Gasteiger partial charge in [0.05, 0.1) is 9.79 Å². The van der Waals surface area contributed by atoms with Gasteiger partial charge in [-0.2, -0.15) is 0 Å². The van der Waals surface area contributed by atoms with E-state index in [4.69, 9.17) is 5.73 Å². The summed E-state index contributed by atoms with van der Waals surface area (Å²) in [6, 6.07) is 2.96. The molecule has 0 aromatic heterocycles. The van der Waals surface area contributed by atoms with Crippen LogP contribution in [0.4, 0.5) is 4.39 Å². The maximum atomic E-state index is 13.9. The second-order valence-electron chi connectivity index (χ2n) is 4.28. The minimum atomic E-state index is -3.43. The number of rotatable bonds is 5. The maximum Gasteiger partial charge on any atom is 0.176 e. The Labute approximate surface area is 112 Å². The number of thioether (sulfide) groups is 1. The first-order chi connectivity index (χ1) is 8.31. The summed E-state index contributed by atoms with van der Waals surface area (Å²) >= 11 is 1.10. The van der Waals surface area contributed by atoms with Gasteiger partial charge in [0.1, 0.15) is 5.82 Å². The Morgan fingerprint density at radius 2 is 2.06 bits per heavy atom. The molecule has 0 aliphatic rings.